The summed E-state index contributed by atoms with van der Waals surface area (Å²) in [6.07, 6.45) is 0. The fourth-order valence-corrected chi connectivity index (χ4v) is 2.32. The lowest BCUT2D eigenvalue weighted by molar-refractivity contribution is -0.384. The van der Waals surface area contributed by atoms with Crippen LogP contribution in [0.25, 0.3) is 5.69 Å². The van der Waals surface area contributed by atoms with Gasteiger partial charge in [0.25, 0.3) is 5.69 Å². The molecule has 0 amide bonds. The molecule has 110 valence electrons. The summed E-state index contributed by atoms with van der Waals surface area (Å²) in [4.78, 5) is 21.6. The van der Waals surface area contributed by atoms with E-state index in [4.69, 9.17) is 9.84 Å². The van der Waals surface area contributed by atoms with E-state index in [9.17, 15) is 14.9 Å². The van der Waals surface area contributed by atoms with Gasteiger partial charge < -0.3 is 14.4 Å². The molecule has 0 spiro atoms. The van der Waals surface area contributed by atoms with Crippen molar-refractivity contribution in [2.45, 2.75) is 13.8 Å². The maximum Gasteiger partial charge on any atom is 0.337 e. The molecule has 0 radical (unpaired) electrons. The van der Waals surface area contributed by atoms with E-state index in [1.54, 1.807) is 18.4 Å². The standard InChI is InChI=1S/C14H14N2O5/c1-8-6-11(14(17)18)9(2)15(8)12-7-10(16(19)20)4-5-13(12)21-3/h4-7H,1-3H3,(H,17,18). The molecule has 0 saturated heterocycles. The van der Waals surface area contributed by atoms with E-state index >= 15 is 0 Å². The fraction of sp³-hybridized carbons (Fsp3) is 0.214. The number of carboxylic acids is 1. The van der Waals surface area contributed by atoms with Crippen LogP contribution in [0.4, 0.5) is 5.69 Å². The summed E-state index contributed by atoms with van der Waals surface area (Å²) in [5, 5.41) is 20.1. The molecule has 0 unspecified atom stereocenters. The van der Waals surface area contributed by atoms with Crippen LogP contribution in [0.5, 0.6) is 5.75 Å². The Labute approximate surface area is 120 Å². The van der Waals surface area contributed by atoms with Gasteiger partial charge in [-0.3, -0.25) is 10.1 Å². The number of aromatic nitrogens is 1. The monoisotopic (exact) mass is 290 g/mol. The van der Waals surface area contributed by atoms with Crippen molar-refractivity contribution in [1.82, 2.24) is 4.57 Å². The van der Waals surface area contributed by atoms with Gasteiger partial charge in [0.05, 0.1) is 23.3 Å². The molecule has 1 N–H and O–H groups in total. The average Bonchev–Trinajstić information content (AvgIpc) is 2.73. The number of hydrogen-bond donors (Lipinski definition) is 1. The molecule has 7 nitrogen and oxygen atoms in total. The van der Waals surface area contributed by atoms with Crippen molar-refractivity contribution in [1.29, 1.82) is 0 Å². The lowest BCUT2D eigenvalue weighted by Gasteiger charge is -2.13. The summed E-state index contributed by atoms with van der Waals surface area (Å²) in [7, 11) is 1.46. The van der Waals surface area contributed by atoms with Gasteiger partial charge in [-0.05, 0) is 26.0 Å². The van der Waals surface area contributed by atoms with E-state index in [0.29, 0.717) is 22.8 Å². The van der Waals surface area contributed by atoms with Crippen LogP contribution in [0.2, 0.25) is 0 Å². The number of carbonyl (C=O) groups is 1. The maximum atomic E-state index is 11.2. The number of aryl methyl sites for hydroxylation is 1. The van der Waals surface area contributed by atoms with Crippen molar-refractivity contribution < 1.29 is 19.6 Å². The number of hydrogen-bond acceptors (Lipinski definition) is 4. The largest absolute Gasteiger partial charge is 0.495 e. The van der Waals surface area contributed by atoms with E-state index in [-0.39, 0.29) is 11.3 Å². The second-order valence-electron chi connectivity index (χ2n) is 4.54. The van der Waals surface area contributed by atoms with Gasteiger partial charge >= 0.3 is 5.97 Å². The molecular formula is C14H14N2O5. The molecule has 7 heteroatoms. The number of rotatable bonds is 4. The second kappa shape index (κ2) is 5.28. The zero-order valence-electron chi connectivity index (χ0n) is 11.8. The predicted octanol–water partition coefficient (Wildman–Crippen LogP) is 2.71. The molecule has 1 aromatic heterocycles. The highest BCUT2D eigenvalue weighted by Gasteiger charge is 2.20. The molecule has 2 aromatic rings. The Balaban J connectivity index is 2.74. The molecular weight excluding hydrogens is 276 g/mol. The van der Waals surface area contributed by atoms with Gasteiger partial charge in [-0.15, -0.1) is 0 Å². The number of ether oxygens (including phenoxy) is 1. The Morgan fingerprint density at radius 2 is 2.00 bits per heavy atom. The third-order valence-corrected chi connectivity index (χ3v) is 3.28. The SMILES string of the molecule is COc1ccc([N+](=O)[O-])cc1-n1c(C)cc(C(=O)O)c1C. The molecule has 1 heterocycles. The zero-order valence-corrected chi connectivity index (χ0v) is 11.8. The number of methoxy groups -OCH3 is 1. The maximum absolute atomic E-state index is 11.2. The van der Waals surface area contributed by atoms with Crippen LogP contribution in [0.3, 0.4) is 0 Å². The fourth-order valence-electron chi connectivity index (χ4n) is 2.32. The average molecular weight is 290 g/mol. The Morgan fingerprint density at radius 1 is 1.33 bits per heavy atom. The Morgan fingerprint density at radius 3 is 2.48 bits per heavy atom. The number of benzene rings is 1. The predicted molar refractivity (Wildman–Crippen MR) is 75.4 cm³/mol. The lowest BCUT2D eigenvalue weighted by Crippen LogP contribution is -2.05. The van der Waals surface area contributed by atoms with Gasteiger partial charge in [-0.2, -0.15) is 0 Å². The van der Waals surface area contributed by atoms with Gasteiger partial charge in [0, 0.05) is 23.5 Å². The minimum absolute atomic E-state index is 0.0878. The lowest BCUT2D eigenvalue weighted by atomic mass is 10.2. The highest BCUT2D eigenvalue weighted by molar-refractivity contribution is 5.89. The second-order valence-corrected chi connectivity index (χ2v) is 4.54. The van der Waals surface area contributed by atoms with Crippen molar-refractivity contribution >= 4 is 11.7 Å². The molecule has 0 aliphatic rings. The zero-order chi connectivity index (χ0) is 15.7. The van der Waals surface area contributed by atoms with E-state index in [2.05, 4.69) is 0 Å². The molecule has 0 bridgehead atoms. The van der Waals surface area contributed by atoms with E-state index in [1.807, 2.05) is 0 Å². The van der Waals surface area contributed by atoms with Crippen molar-refractivity contribution in [2.75, 3.05) is 7.11 Å². The molecule has 0 atom stereocenters. The van der Waals surface area contributed by atoms with Crippen LogP contribution in [0.15, 0.2) is 24.3 Å². The molecule has 2 rings (SSSR count). The highest BCUT2D eigenvalue weighted by atomic mass is 16.6. The van der Waals surface area contributed by atoms with Gasteiger partial charge in [-0.25, -0.2) is 4.79 Å². The third-order valence-electron chi connectivity index (χ3n) is 3.28. The van der Waals surface area contributed by atoms with Crippen molar-refractivity contribution in [2.24, 2.45) is 0 Å². The van der Waals surface area contributed by atoms with Crippen molar-refractivity contribution in [3.63, 3.8) is 0 Å². The summed E-state index contributed by atoms with van der Waals surface area (Å²) in [5.41, 5.74) is 1.65. The first-order chi connectivity index (χ1) is 9.86. The molecule has 0 aliphatic carbocycles. The first-order valence-electron chi connectivity index (χ1n) is 6.12. The minimum Gasteiger partial charge on any atom is -0.495 e. The summed E-state index contributed by atoms with van der Waals surface area (Å²) < 4.78 is 6.86. The summed E-state index contributed by atoms with van der Waals surface area (Å²) >= 11 is 0. The smallest absolute Gasteiger partial charge is 0.337 e. The van der Waals surface area contributed by atoms with E-state index in [0.717, 1.165) is 0 Å². The number of nitro groups is 1. The van der Waals surface area contributed by atoms with E-state index in [1.165, 1.54) is 31.4 Å². The van der Waals surface area contributed by atoms with Crippen molar-refractivity contribution in [3.05, 3.63) is 51.3 Å². The van der Waals surface area contributed by atoms with Crippen LogP contribution in [-0.2, 0) is 0 Å². The summed E-state index contributed by atoms with van der Waals surface area (Å²) in [6, 6.07) is 5.72. The quantitative estimate of drug-likeness (QED) is 0.690. The van der Waals surface area contributed by atoms with Crippen LogP contribution in [0.1, 0.15) is 21.7 Å². The highest BCUT2D eigenvalue weighted by Crippen LogP contribution is 2.31. The van der Waals surface area contributed by atoms with Crippen LogP contribution in [0, 0.1) is 24.0 Å². The summed E-state index contributed by atoms with van der Waals surface area (Å²) in [5.74, 6) is -0.613. The van der Waals surface area contributed by atoms with Gasteiger partial charge in [0.15, 0.2) is 0 Å². The Kier molecular flexibility index (Phi) is 3.66. The molecule has 0 fully saturated rings. The number of nitro benzene ring substituents is 1. The third kappa shape index (κ3) is 2.45. The number of non-ortho nitro benzene ring substituents is 1. The molecule has 21 heavy (non-hydrogen) atoms. The van der Waals surface area contributed by atoms with Crippen LogP contribution < -0.4 is 4.74 Å². The van der Waals surface area contributed by atoms with Crippen LogP contribution in [-0.4, -0.2) is 27.7 Å². The van der Waals surface area contributed by atoms with Gasteiger partial charge in [-0.1, -0.05) is 0 Å². The Bertz CT molecular complexity index is 733. The van der Waals surface area contributed by atoms with Crippen LogP contribution >= 0.6 is 0 Å². The number of carboxylic acid groups (broad SMARTS) is 1. The topological polar surface area (TPSA) is 94.6 Å². The minimum atomic E-state index is -1.04. The summed E-state index contributed by atoms with van der Waals surface area (Å²) in [6.45, 7) is 3.38. The first kappa shape index (κ1) is 14.6. The van der Waals surface area contributed by atoms with E-state index < -0.39 is 10.9 Å². The van der Waals surface area contributed by atoms with Crippen molar-refractivity contribution in [3.8, 4) is 11.4 Å². The molecule has 0 aliphatic heterocycles. The van der Waals surface area contributed by atoms with Gasteiger partial charge in [0.1, 0.15) is 5.75 Å². The Hall–Kier alpha value is -2.83. The molecule has 0 saturated carbocycles. The first-order valence-corrected chi connectivity index (χ1v) is 6.12. The number of aromatic carboxylic acids is 1. The van der Waals surface area contributed by atoms with Gasteiger partial charge in [0.2, 0.25) is 0 Å². The molecule has 1 aromatic carbocycles. The normalized spacial score (nSPS) is 10.4. The number of nitrogens with zero attached hydrogens (tertiary/aromatic N) is 2.